The van der Waals surface area contributed by atoms with Gasteiger partial charge in [0, 0.05) is 44.8 Å². The number of ether oxygens (including phenoxy) is 2. The van der Waals surface area contributed by atoms with Crippen LogP contribution in [0.3, 0.4) is 0 Å². The van der Waals surface area contributed by atoms with Crippen LogP contribution in [0, 0.1) is 0 Å². The average Bonchev–Trinajstić information content (AvgIpc) is 3.23. The van der Waals surface area contributed by atoms with Crippen molar-refractivity contribution in [1.29, 1.82) is 0 Å². The van der Waals surface area contributed by atoms with Crippen molar-refractivity contribution < 1.29 is 23.9 Å². The minimum Gasteiger partial charge on any atom is -0.462 e. The lowest BCUT2D eigenvalue weighted by Crippen LogP contribution is -2.45. The van der Waals surface area contributed by atoms with E-state index in [0.29, 0.717) is 44.1 Å². The van der Waals surface area contributed by atoms with Crippen molar-refractivity contribution in [2.24, 2.45) is 7.05 Å². The number of hydrogen-bond donors (Lipinski definition) is 1. The number of benzene rings is 1. The van der Waals surface area contributed by atoms with Gasteiger partial charge in [0.2, 0.25) is 5.91 Å². The topological polar surface area (TPSA) is 93.1 Å². The maximum Gasteiger partial charge on any atom is 0.338 e. The first kappa shape index (κ1) is 26.9. The molecule has 1 aromatic carbocycles. The van der Waals surface area contributed by atoms with Gasteiger partial charge in [-0.3, -0.25) is 4.79 Å². The van der Waals surface area contributed by atoms with Gasteiger partial charge in [-0.05, 0) is 49.7 Å². The lowest BCUT2D eigenvalue weighted by molar-refractivity contribution is -0.133. The van der Waals surface area contributed by atoms with Gasteiger partial charge in [-0.2, -0.15) is 0 Å². The number of carbonyl (C=O) groups excluding carboxylic acids is 3. The average molecular weight is 473 g/mol. The molecule has 2 aromatic rings. The van der Waals surface area contributed by atoms with E-state index < -0.39 is 5.97 Å². The maximum absolute atomic E-state index is 13.2. The smallest absolute Gasteiger partial charge is 0.338 e. The molecule has 0 aliphatic carbocycles. The van der Waals surface area contributed by atoms with Crippen LogP contribution < -0.4 is 5.32 Å². The second kappa shape index (κ2) is 14.0. The fourth-order valence-electron chi connectivity index (χ4n) is 3.32. The van der Waals surface area contributed by atoms with Crippen molar-refractivity contribution >= 4 is 23.6 Å². The van der Waals surface area contributed by atoms with Crippen LogP contribution in [0.5, 0.6) is 0 Å². The second-order valence-electron chi connectivity index (χ2n) is 7.92. The molecule has 9 nitrogen and oxygen atoms in total. The Hall–Kier alpha value is -3.33. The fourth-order valence-corrected chi connectivity index (χ4v) is 3.32. The molecule has 34 heavy (non-hydrogen) atoms. The first-order chi connectivity index (χ1) is 16.4. The summed E-state index contributed by atoms with van der Waals surface area (Å²) in [6, 6.07) is 10.0. The Balaban J connectivity index is 2.08. The Morgan fingerprint density at radius 1 is 1.03 bits per heavy atom. The highest BCUT2D eigenvalue weighted by Crippen LogP contribution is 2.13. The van der Waals surface area contributed by atoms with Gasteiger partial charge >= 0.3 is 12.0 Å². The lowest BCUT2D eigenvalue weighted by Gasteiger charge is -2.28. The third kappa shape index (κ3) is 8.22. The molecule has 0 bridgehead atoms. The van der Waals surface area contributed by atoms with Gasteiger partial charge in [0.05, 0.1) is 25.3 Å². The van der Waals surface area contributed by atoms with Gasteiger partial charge in [-0.1, -0.05) is 13.3 Å². The number of unbranched alkanes of at least 4 members (excludes halogenated alkanes) is 1. The Morgan fingerprint density at radius 3 is 2.35 bits per heavy atom. The standard InChI is InChI=1S/C25H36N4O5/c1-5-7-15-29(25(32)26-21-12-10-20(11-13-21)24(31)34-6-2)19-23(30)28(16-17-33-4)18-22-9-8-14-27(22)3/h8-14H,5-7,15-19H2,1-4H3,(H,26,32). The highest BCUT2D eigenvalue weighted by Gasteiger charge is 2.22. The lowest BCUT2D eigenvalue weighted by atomic mass is 10.2. The van der Waals surface area contributed by atoms with E-state index in [4.69, 9.17) is 9.47 Å². The molecule has 0 saturated heterocycles. The summed E-state index contributed by atoms with van der Waals surface area (Å²) < 4.78 is 12.1. The molecule has 0 aliphatic heterocycles. The molecule has 0 unspecified atom stereocenters. The highest BCUT2D eigenvalue weighted by molar-refractivity contribution is 5.94. The zero-order valence-electron chi connectivity index (χ0n) is 20.6. The zero-order chi connectivity index (χ0) is 24.9. The number of esters is 1. The molecule has 0 saturated carbocycles. The van der Waals surface area contributed by atoms with Gasteiger partial charge in [0.1, 0.15) is 6.54 Å². The Morgan fingerprint density at radius 2 is 1.76 bits per heavy atom. The zero-order valence-corrected chi connectivity index (χ0v) is 20.6. The third-order valence-electron chi connectivity index (χ3n) is 5.36. The molecule has 0 atom stereocenters. The first-order valence-electron chi connectivity index (χ1n) is 11.6. The van der Waals surface area contributed by atoms with Crippen LogP contribution in [0.2, 0.25) is 0 Å². The van der Waals surface area contributed by atoms with E-state index in [9.17, 15) is 14.4 Å². The Labute approximate surface area is 201 Å². The minimum absolute atomic E-state index is 0.0408. The van der Waals surface area contributed by atoms with Gasteiger partial charge < -0.3 is 29.2 Å². The SMILES string of the molecule is CCCCN(CC(=O)N(CCOC)Cc1cccn1C)C(=O)Nc1ccc(C(=O)OCC)cc1. The van der Waals surface area contributed by atoms with Crippen LogP contribution in [0.1, 0.15) is 42.7 Å². The van der Waals surface area contributed by atoms with E-state index in [1.54, 1.807) is 43.2 Å². The van der Waals surface area contributed by atoms with Gasteiger partial charge in [0.25, 0.3) is 0 Å². The number of aryl methyl sites for hydroxylation is 1. The maximum atomic E-state index is 13.2. The molecule has 186 valence electrons. The number of nitrogens with one attached hydrogen (secondary N) is 1. The van der Waals surface area contributed by atoms with E-state index in [-0.39, 0.29) is 18.5 Å². The summed E-state index contributed by atoms with van der Waals surface area (Å²) in [5.41, 5.74) is 1.94. The molecule has 1 aromatic heterocycles. The largest absolute Gasteiger partial charge is 0.462 e. The summed E-state index contributed by atoms with van der Waals surface area (Å²) in [5, 5.41) is 2.83. The summed E-state index contributed by atoms with van der Waals surface area (Å²) in [7, 11) is 3.53. The molecule has 3 amide bonds. The molecule has 0 radical (unpaired) electrons. The molecule has 0 spiro atoms. The van der Waals surface area contributed by atoms with Crippen molar-refractivity contribution in [3.63, 3.8) is 0 Å². The summed E-state index contributed by atoms with van der Waals surface area (Å²) in [6.45, 7) is 5.76. The number of amides is 3. The van der Waals surface area contributed by atoms with Gasteiger partial charge in [-0.25, -0.2) is 9.59 Å². The van der Waals surface area contributed by atoms with E-state index in [0.717, 1.165) is 18.5 Å². The third-order valence-corrected chi connectivity index (χ3v) is 5.36. The quantitative estimate of drug-likeness (QED) is 0.451. The fraction of sp³-hybridized carbons (Fsp3) is 0.480. The van der Waals surface area contributed by atoms with E-state index in [2.05, 4.69) is 5.32 Å². The normalized spacial score (nSPS) is 10.6. The Kier molecular flexibility index (Phi) is 11.1. The molecule has 0 fully saturated rings. The Bertz CT molecular complexity index is 926. The van der Waals surface area contributed by atoms with Crippen LogP contribution in [0.4, 0.5) is 10.5 Å². The predicted molar refractivity (Wildman–Crippen MR) is 131 cm³/mol. The molecular formula is C25H36N4O5. The van der Waals surface area contributed by atoms with Crippen molar-refractivity contribution in [1.82, 2.24) is 14.4 Å². The summed E-state index contributed by atoms with van der Waals surface area (Å²) in [4.78, 5) is 41.3. The summed E-state index contributed by atoms with van der Waals surface area (Å²) in [5.74, 6) is -0.563. The minimum atomic E-state index is -0.412. The van der Waals surface area contributed by atoms with E-state index in [1.165, 1.54) is 4.90 Å². The molecule has 1 heterocycles. The van der Waals surface area contributed by atoms with Crippen molar-refractivity contribution in [3.05, 3.63) is 53.9 Å². The van der Waals surface area contributed by atoms with Crippen molar-refractivity contribution in [2.45, 2.75) is 33.2 Å². The summed E-state index contributed by atoms with van der Waals surface area (Å²) >= 11 is 0. The van der Waals surface area contributed by atoms with Crippen LogP contribution in [0.25, 0.3) is 0 Å². The number of aromatic nitrogens is 1. The van der Waals surface area contributed by atoms with Crippen LogP contribution in [-0.4, -0.2) is 72.2 Å². The van der Waals surface area contributed by atoms with Crippen LogP contribution >= 0.6 is 0 Å². The summed E-state index contributed by atoms with van der Waals surface area (Å²) in [6.07, 6.45) is 3.60. The molecule has 0 aliphatic rings. The molecule has 9 heteroatoms. The highest BCUT2D eigenvalue weighted by atomic mass is 16.5. The van der Waals surface area contributed by atoms with Gasteiger partial charge in [-0.15, -0.1) is 0 Å². The van der Waals surface area contributed by atoms with Gasteiger partial charge in [0.15, 0.2) is 0 Å². The number of anilines is 1. The van der Waals surface area contributed by atoms with E-state index >= 15 is 0 Å². The number of methoxy groups -OCH3 is 1. The van der Waals surface area contributed by atoms with Crippen molar-refractivity contribution in [2.75, 3.05) is 45.3 Å². The number of hydrogen-bond acceptors (Lipinski definition) is 5. The predicted octanol–water partition coefficient (Wildman–Crippen LogP) is 3.51. The van der Waals surface area contributed by atoms with Crippen LogP contribution in [0.15, 0.2) is 42.6 Å². The number of urea groups is 1. The van der Waals surface area contributed by atoms with E-state index in [1.807, 2.05) is 36.9 Å². The number of carbonyl (C=O) groups is 3. The van der Waals surface area contributed by atoms with Crippen LogP contribution in [-0.2, 0) is 27.9 Å². The molecular weight excluding hydrogens is 436 g/mol. The number of rotatable bonds is 13. The monoisotopic (exact) mass is 472 g/mol. The first-order valence-corrected chi connectivity index (χ1v) is 11.6. The van der Waals surface area contributed by atoms with Crippen molar-refractivity contribution in [3.8, 4) is 0 Å². The molecule has 2 rings (SSSR count). The molecule has 1 N–H and O–H groups in total. The second-order valence-corrected chi connectivity index (χ2v) is 7.92. The number of nitrogens with zero attached hydrogens (tertiary/aromatic N) is 3.